The minimum Gasteiger partial charge on any atom is -0.483 e. The molecule has 0 spiro atoms. The van der Waals surface area contributed by atoms with Crippen molar-refractivity contribution < 1.29 is 14.3 Å². The Kier molecular flexibility index (Phi) is 6.30. The van der Waals surface area contributed by atoms with E-state index in [1.165, 1.54) is 6.42 Å². The SMILES string of the molecule is Cc1nc2c(cc(OCC(=O)NCCNC(=O)C3CCCCC3)c3ccsc32)s1. The Labute approximate surface area is 177 Å². The van der Waals surface area contributed by atoms with E-state index in [4.69, 9.17) is 4.74 Å². The molecular formula is C21H25N3O3S2. The van der Waals surface area contributed by atoms with Crippen LogP contribution < -0.4 is 15.4 Å². The minimum absolute atomic E-state index is 0.0508. The molecule has 29 heavy (non-hydrogen) atoms. The van der Waals surface area contributed by atoms with Crippen LogP contribution in [0, 0.1) is 12.8 Å². The monoisotopic (exact) mass is 431 g/mol. The average Bonchev–Trinajstić information content (AvgIpc) is 3.35. The van der Waals surface area contributed by atoms with Crippen molar-refractivity contribution in [2.45, 2.75) is 39.0 Å². The molecule has 0 atom stereocenters. The fourth-order valence-electron chi connectivity index (χ4n) is 3.80. The maximum atomic E-state index is 12.1. The highest BCUT2D eigenvalue weighted by Gasteiger charge is 2.20. The number of fused-ring (bicyclic) bond motifs is 3. The van der Waals surface area contributed by atoms with Crippen molar-refractivity contribution >= 4 is 54.8 Å². The van der Waals surface area contributed by atoms with Gasteiger partial charge >= 0.3 is 0 Å². The third kappa shape index (κ3) is 4.70. The zero-order valence-electron chi connectivity index (χ0n) is 16.5. The number of nitrogens with zero attached hydrogens (tertiary/aromatic N) is 1. The first-order valence-corrected chi connectivity index (χ1v) is 11.8. The molecule has 1 aliphatic carbocycles. The van der Waals surface area contributed by atoms with Gasteiger partial charge in [-0.1, -0.05) is 19.3 Å². The molecule has 4 rings (SSSR count). The highest BCUT2D eigenvalue weighted by atomic mass is 32.1. The number of benzene rings is 1. The van der Waals surface area contributed by atoms with Crippen molar-refractivity contribution in [3.63, 3.8) is 0 Å². The molecule has 1 saturated carbocycles. The zero-order valence-corrected chi connectivity index (χ0v) is 18.1. The van der Waals surface area contributed by atoms with Gasteiger partial charge in [0.1, 0.15) is 5.75 Å². The standard InChI is InChI=1S/C21H25N3O3S2/c1-13-24-19-17(29-13)11-16(15-7-10-28-20(15)19)27-12-18(25)22-8-9-23-21(26)14-5-3-2-4-6-14/h7,10-11,14H,2-6,8-9,12H2,1H3,(H,22,25)(H,23,26). The van der Waals surface area contributed by atoms with Crippen LogP contribution in [0.25, 0.3) is 20.3 Å². The Hall–Kier alpha value is -2.19. The second-order valence-electron chi connectivity index (χ2n) is 7.38. The molecule has 2 amide bonds. The summed E-state index contributed by atoms with van der Waals surface area (Å²) in [6.45, 7) is 2.79. The molecule has 2 heterocycles. The summed E-state index contributed by atoms with van der Waals surface area (Å²) in [4.78, 5) is 28.9. The topological polar surface area (TPSA) is 80.3 Å². The quantitative estimate of drug-likeness (QED) is 0.554. The van der Waals surface area contributed by atoms with E-state index in [0.717, 1.165) is 51.0 Å². The molecule has 2 N–H and O–H groups in total. The molecule has 2 aromatic heterocycles. The summed E-state index contributed by atoms with van der Waals surface area (Å²) in [5.74, 6) is 0.767. The molecule has 1 aromatic carbocycles. The van der Waals surface area contributed by atoms with Gasteiger partial charge in [-0.05, 0) is 31.2 Å². The molecule has 1 fully saturated rings. The molecule has 0 bridgehead atoms. The number of hydrogen-bond donors (Lipinski definition) is 2. The number of rotatable bonds is 7. The number of hydrogen-bond acceptors (Lipinski definition) is 6. The Bertz CT molecular complexity index is 1020. The summed E-state index contributed by atoms with van der Waals surface area (Å²) in [6.07, 6.45) is 5.46. The summed E-state index contributed by atoms with van der Waals surface area (Å²) < 4.78 is 7.97. The van der Waals surface area contributed by atoms with E-state index in [1.54, 1.807) is 22.7 Å². The van der Waals surface area contributed by atoms with Gasteiger partial charge in [-0.25, -0.2) is 4.98 Å². The van der Waals surface area contributed by atoms with Crippen molar-refractivity contribution in [3.8, 4) is 5.75 Å². The molecule has 8 heteroatoms. The summed E-state index contributed by atoms with van der Waals surface area (Å²) >= 11 is 3.26. The van der Waals surface area contributed by atoms with Crippen molar-refractivity contribution in [2.24, 2.45) is 5.92 Å². The van der Waals surface area contributed by atoms with E-state index >= 15 is 0 Å². The third-order valence-electron chi connectivity index (χ3n) is 5.25. The first kappa shape index (κ1) is 20.1. The van der Waals surface area contributed by atoms with Gasteiger partial charge in [0.2, 0.25) is 5.91 Å². The van der Waals surface area contributed by atoms with Gasteiger partial charge in [-0.15, -0.1) is 22.7 Å². The predicted octanol–water partition coefficient (Wildman–Crippen LogP) is 4.01. The number of aromatic nitrogens is 1. The molecule has 6 nitrogen and oxygen atoms in total. The van der Waals surface area contributed by atoms with Crippen LogP contribution in [-0.2, 0) is 9.59 Å². The zero-order chi connectivity index (χ0) is 20.2. The summed E-state index contributed by atoms with van der Waals surface area (Å²) in [6, 6.07) is 3.97. The molecule has 0 unspecified atom stereocenters. The van der Waals surface area contributed by atoms with Gasteiger partial charge in [0.25, 0.3) is 5.91 Å². The molecule has 0 saturated heterocycles. The van der Waals surface area contributed by atoms with Crippen LogP contribution in [0.4, 0.5) is 0 Å². The number of carbonyl (C=O) groups excluding carboxylic acids is 2. The van der Waals surface area contributed by atoms with E-state index in [9.17, 15) is 9.59 Å². The van der Waals surface area contributed by atoms with Crippen molar-refractivity contribution in [1.29, 1.82) is 0 Å². The lowest BCUT2D eigenvalue weighted by atomic mass is 9.89. The van der Waals surface area contributed by atoms with Crippen LogP contribution in [0.3, 0.4) is 0 Å². The second-order valence-corrected chi connectivity index (χ2v) is 9.53. The Morgan fingerprint density at radius 1 is 1.21 bits per heavy atom. The lowest BCUT2D eigenvalue weighted by Crippen LogP contribution is -2.39. The number of ether oxygens (including phenoxy) is 1. The van der Waals surface area contributed by atoms with Crippen LogP contribution in [-0.4, -0.2) is 36.5 Å². The van der Waals surface area contributed by atoms with E-state index < -0.39 is 0 Å². The van der Waals surface area contributed by atoms with Crippen molar-refractivity contribution in [2.75, 3.05) is 19.7 Å². The number of amides is 2. The number of aryl methyl sites for hydroxylation is 1. The van der Waals surface area contributed by atoms with Gasteiger partial charge in [-0.2, -0.15) is 0 Å². The van der Waals surface area contributed by atoms with Crippen LogP contribution in [0.5, 0.6) is 5.75 Å². The van der Waals surface area contributed by atoms with Gasteiger partial charge < -0.3 is 15.4 Å². The van der Waals surface area contributed by atoms with Gasteiger partial charge in [0.15, 0.2) is 6.61 Å². The molecule has 3 aromatic rings. The highest BCUT2D eigenvalue weighted by molar-refractivity contribution is 7.21. The normalized spacial score (nSPS) is 14.9. The summed E-state index contributed by atoms with van der Waals surface area (Å²) in [5, 5.41) is 9.75. The Morgan fingerprint density at radius 3 is 2.83 bits per heavy atom. The average molecular weight is 432 g/mol. The number of thiophene rings is 1. The van der Waals surface area contributed by atoms with Crippen molar-refractivity contribution in [3.05, 3.63) is 22.5 Å². The fraction of sp³-hybridized carbons (Fsp3) is 0.476. The van der Waals surface area contributed by atoms with Crippen molar-refractivity contribution in [1.82, 2.24) is 15.6 Å². The fourth-order valence-corrected chi connectivity index (χ4v) is 5.63. The van der Waals surface area contributed by atoms with Gasteiger partial charge in [0, 0.05) is 30.5 Å². The minimum atomic E-state index is -0.194. The third-order valence-corrected chi connectivity index (χ3v) is 7.09. The van der Waals surface area contributed by atoms with Gasteiger partial charge in [-0.3, -0.25) is 9.59 Å². The maximum absolute atomic E-state index is 12.1. The van der Waals surface area contributed by atoms with Crippen LogP contribution in [0.2, 0.25) is 0 Å². The largest absolute Gasteiger partial charge is 0.483 e. The molecular weight excluding hydrogens is 406 g/mol. The van der Waals surface area contributed by atoms with Crippen LogP contribution >= 0.6 is 22.7 Å². The van der Waals surface area contributed by atoms with Crippen LogP contribution in [0.1, 0.15) is 37.1 Å². The molecule has 1 aliphatic rings. The van der Waals surface area contributed by atoms with E-state index in [-0.39, 0.29) is 24.3 Å². The highest BCUT2D eigenvalue weighted by Crippen LogP contribution is 2.38. The van der Waals surface area contributed by atoms with Crippen LogP contribution in [0.15, 0.2) is 17.5 Å². The van der Waals surface area contributed by atoms with E-state index in [0.29, 0.717) is 18.8 Å². The predicted molar refractivity (Wildman–Crippen MR) is 118 cm³/mol. The Morgan fingerprint density at radius 2 is 2.00 bits per heavy atom. The smallest absolute Gasteiger partial charge is 0.258 e. The molecule has 0 radical (unpaired) electrons. The maximum Gasteiger partial charge on any atom is 0.258 e. The summed E-state index contributed by atoms with van der Waals surface area (Å²) in [5.41, 5.74) is 1.00. The Balaban J connectivity index is 1.26. The van der Waals surface area contributed by atoms with E-state index in [1.807, 2.05) is 24.4 Å². The molecule has 154 valence electrons. The first-order chi connectivity index (χ1) is 14.1. The number of carbonyl (C=O) groups is 2. The molecule has 0 aliphatic heterocycles. The van der Waals surface area contributed by atoms with Gasteiger partial charge in [0.05, 0.1) is 19.9 Å². The summed E-state index contributed by atoms with van der Waals surface area (Å²) in [7, 11) is 0. The lowest BCUT2D eigenvalue weighted by molar-refractivity contribution is -0.126. The second kappa shape index (κ2) is 9.09. The first-order valence-electron chi connectivity index (χ1n) is 10.1. The number of nitrogens with one attached hydrogen (secondary N) is 2. The van der Waals surface area contributed by atoms with E-state index in [2.05, 4.69) is 15.6 Å². The lowest BCUT2D eigenvalue weighted by Gasteiger charge is -2.20. The number of thiazole rings is 1.